The maximum absolute atomic E-state index is 12.9. The number of ether oxygens (including phenoxy) is 1. The highest BCUT2D eigenvalue weighted by molar-refractivity contribution is 14.1. The first-order valence-electron chi connectivity index (χ1n) is 5.44. The van der Waals surface area contributed by atoms with Crippen molar-refractivity contribution >= 4 is 34.2 Å². The topological polar surface area (TPSA) is 38.3 Å². The summed E-state index contributed by atoms with van der Waals surface area (Å²) in [7, 11) is 0. The Bertz CT molecular complexity index is 439. The quantitative estimate of drug-likeness (QED) is 0.834. The van der Waals surface area contributed by atoms with Crippen LogP contribution < -0.4 is 5.32 Å². The van der Waals surface area contributed by atoms with Crippen molar-refractivity contribution in [3.8, 4) is 0 Å². The zero-order chi connectivity index (χ0) is 12.4. The first-order valence-corrected chi connectivity index (χ1v) is 6.51. The van der Waals surface area contributed by atoms with Gasteiger partial charge in [-0.25, -0.2) is 4.39 Å². The Balaban J connectivity index is 2.03. The van der Waals surface area contributed by atoms with E-state index in [1.807, 2.05) is 29.5 Å². The van der Waals surface area contributed by atoms with Crippen LogP contribution in [-0.2, 0) is 9.53 Å². The lowest BCUT2D eigenvalue weighted by atomic mass is 10.1. The van der Waals surface area contributed by atoms with Gasteiger partial charge in [0.25, 0.3) is 0 Å². The Morgan fingerprint density at radius 2 is 2.35 bits per heavy atom. The Hall–Kier alpha value is -0.690. The van der Waals surface area contributed by atoms with E-state index in [1.54, 1.807) is 6.07 Å². The van der Waals surface area contributed by atoms with Gasteiger partial charge in [0.05, 0.1) is 24.3 Å². The maximum Gasteiger partial charge on any atom is 0.229 e. The van der Waals surface area contributed by atoms with E-state index in [4.69, 9.17) is 4.74 Å². The highest BCUT2D eigenvalue weighted by atomic mass is 127. The number of carbonyl (C=O) groups is 1. The second-order valence-electron chi connectivity index (χ2n) is 4.19. The molecule has 2 unspecified atom stereocenters. The van der Waals surface area contributed by atoms with Crippen LogP contribution in [-0.4, -0.2) is 18.6 Å². The Morgan fingerprint density at radius 1 is 1.59 bits per heavy atom. The van der Waals surface area contributed by atoms with Crippen molar-refractivity contribution < 1.29 is 13.9 Å². The molecule has 17 heavy (non-hydrogen) atoms. The third-order valence-corrected chi connectivity index (χ3v) is 3.65. The van der Waals surface area contributed by atoms with Crippen LogP contribution in [0.15, 0.2) is 18.2 Å². The summed E-state index contributed by atoms with van der Waals surface area (Å²) < 4.78 is 18.9. The summed E-state index contributed by atoms with van der Waals surface area (Å²) in [5, 5.41) is 2.81. The number of hydrogen-bond donors (Lipinski definition) is 1. The van der Waals surface area contributed by atoms with E-state index in [-0.39, 0.29) is 23.7 Å². The Morgan fingerprint density at radius 3 is 2.94 bits per heavy atom. The summed E-state index contributed by atoms with van der Waals surface area (Å²) in [5.41, 5.74) is 0.650. The van der Waals surface area contributed by atoms with Crippen molar-refractivity contribution in [2.24, 2.45) is 5.92 Å². The van der Waals surface area contributed by atoms with E-state index in [9.17, 15) is 9.18 Å². The van der Waals surface area contributed by atoms with E-state index in [1.165, 1.54) is 12.1 Å². The van der Waals surface area contributed by atoms with E-state index >= 15 is 0 Å². The number of benzene rings is 1. The minimum Gasteiger partial charge on any atom is -0.378 e. The highest BCUT2D eigenvalue weighted by Gasteiger charge is 2.28. The largest absolute Gasteiger partial charge is 0.378 e. The van der Waals surface area contributed by atoms with Crippen LogP contribution in [0.3, 0.4) is 0 Å². The van der Waals surface area contributed by atoms with Gasteiger partial charge in [-0.2, -0.15) is 0 Å². The van der Waals surface area contributed by atoms with Gasteiger partial charge in [-0.05, 0) is 54.1 Å². The van der Waals surface area contributed by atoms with Gasteiger partial charge in [-0.1, -0.05) is 0 Å². The van der Waals surface area contributed by atoms with Crippen LogP contribution in [0.4, 0.5) is 10.1 Å². The van der Waals surface area contributed by atoms with Gasteiger partial charge >= 0.3 is 0 Å². The first kappa shape index (κ1) is 12.8. The molecule has 1 aliphatic rings. The molecule has 0 saturated carbocycles. The third kappa shape index (κ3) is 3.16. The molecule has 1 heterocycles. The zero-order valence-electron chi connectivity index (χ0n) is 9.37. The van der Waals surface area contributed by atoms with Crippen LogP contribution in [0.25, 0.3) is 0 Å². The van der Waals surface area contributed by atoms with Gasteiger partial charge in [0, 0.05) is 3.57 Å². The van der Waals surface area contributed by atoms with Crippen molar-refractivity contribution in [3.05, 3.63) is 27.6 Å². The fourth-order valence-corrected chi connectivity index (χ4v) is 2.44. The first-order chi connectivity index (χ1) is 8.06. The molecule has 1 aliphatic heterocycles. The number of hydrogen-bond acceptors (Lipinski definition) is 2. The molecular weight excluding hydrogens is 336 g/mol. The van der Waals surface area contributed by atoms with Crippen molar-refractivity contribution in [1.29, 1.82) is 0 Å². The van der Waals surface area contributed by atoms with E-state index < -0.39 is 0 Å². The molecule has 1 fully saturated rings. The van der Waals surface area contributed by atoms with Gasteiger partial charge in [0.2, 0.25) is 5.91 Å². The van der Waals surface area contributed by atoms with Crippen molar-refractivity contribution in [2.45, 2.75) is 19.4 Å². The predicted molar refractivity (Wildman–Crippen MR) is 71.3 cm³/mol. The van der Waals surface area contributed by atoms with Crippen LogP contribution >= 0.6 is 22.6 Å². The SMILES string of the molecule is CC1CC(C(=O)Nc2ccc(F)cc2I)CO1. The average molecular weight is 349 g/mol. The normalized spacial score (nSPS) is 23.7. The van der Waals surface area contributed by atoms with Gasteiger partial charge < -0.3 is 10.1 Å². The van der Waals surface area contributed by atoms with Crippen molar-refractivity contribution in [2.75, 3.05) is 11.9 Å². The summed E-state index contributed by atoms with van der Waals surface area (Å²) in [5.74, 6) is -0.463. The summed E-state index contributed by atoms with van der Waals surface area (Å²) in [6, 6.07) is 4.31. The predicted octanol–water partition coefficient (Wildman–Crippen LogP) is 2.79. The molecule has 3 nitrogen and oxygen atoms in total. The monoisotopic (exact) mass is 349 g/mol. The van der Waals surface area contributed by atoms with Crippen LogP contribution in [0, 0.1) is 15.3 Å². The summed E-state index contributed by atoms with van der Waals surface area (Å²) >= 11 is 2.00. The number of nitrogens with one attached hydrogen (secondary N) is 1. The number of amides is 1. The molecular formula is C12H13FINO2. The molecule has 0 aromatic heterocycles. The summed E-state index contributed by atoms with van der Waals surface area (Å²) in [6.07, 6.45) is 0.877. The molecule has 0 bridgehead atoms. The molecule has 1 aromatic rings. The molecule has 2 rings (SSSR count). The molecule has 1 amide bonds. The lowest BCUT2D eigenvalue weighted by Gasteiger charge is -2.10. The maximum atomic E-state index is 12.9. The van der Waals surface area contributed by atoms with Crippen LogP contribution in [0.1, 0.15) is 13.3 Å². The highest BCUT2D eigenvalue weighted by Crippen LogP contribution is 2.23. The number of halogens is 2. The lowest BCUT2D eigenvalue weighted by molar-refractivity contribution is -0.119. The molecule has 1 aromatic carbocycles. The Kier molecular flexibility index (Phi) is 3.98. The number of anilines is 1. The lowest BCUT2D eigenvalue weighted by Crippen LogP contribution is -2.23. The molecule has 0 radical (unpaired) electrons. The molecule has 92 valence electrons. The summed E-state index contributed by atoms with van der Waals surface area (Å²) in [6.45, 7) is 2.42. The smallest absolute Gasteiger partial charge is 0.229 e. The number of carbonyl (C=O) groups excluding carboxylic acids is 1. The molecule has 1 N–H and O–H groups in total. The average Bonchev–Trinajstić information content (AvgIpc) is 2.69. The second kappa shape index (κ2) is 5.30. The molecule has 0 spiro atoms. The van der Waals surface area contributed by atoms with Crippen LogP contribution in [0.5, 0.6) is 0 Å². The van der Waals surface area contributed by atoms with E-state index in [0.29, 0.717) is 15.9 Å². The van der Waals surface area contributed by atoms with Gasteiger partial charge in [0.1, 0.15) is 5.82 Å². The van der Waals surface area contributed by atoms with Crippen molar-refractivity contribution in [1.82, 2.24) is 0 Å². The van der Waals surface area contributed by atoms with E-state index in [0.717, 1.165) is 6.42 Å². The standard InChI is InChI=1S/C12H13FINO2/c1-7-4-8(6-17-7)12(16)15-11-3-2-9(13)5-10(11)14/h2-3,5,7-8H,4,6H2,1H3,(H,15,16). The van der Waals surface area contributed by atoms with Gasteiger partial charge in [-0.3, -0.25) is 4.79 Å². The fourth-order valence-electron chi connectivity index (χ4n) is 1.83. The van der Waals surface area contributed by atoms with E-state index in [2.05, 4.69) is 5.32 Å². The van der Waals surface area contributed by atoms with Gasteiger partial charge in [0.15, 0.2) is 0 Å². The minimum atomic E-state index is -0.301. The zero-order valence-corrected chi connectivity index (χ0v) is 11.5. The molecule has 0 aliphatic carbocycles. The molecule has 5 heteroatoms. The molecule has 2 atom stereocenters. The second-order valence-corrected chi connectivity index (χ2v) is 5.35. The number of rotatable bonds is 2. The third-order valence-electron chi connectivity index (χ3n) is 2.76. The van der Waals surface area contributed by atoms with Gasteiger partial charge in [-0.15, -0.1) is 0 Å². The Labute approximate surface area is 113 Å². The molecule has 1 saturated heterocycles. The minimum absolute atomic E-state index is 0.0566. The summed E-state index contributed by atoms with van der Waals surface area (Å²) in [4.78, 5) is 11.9. The van der Waals surface area contributed by atoms with Crippen LogP contribution in [0.2, 0.25) is 0 Å². The fraction of sp³-hybridized carbons (Fsp3) is 0.417. The van der Waals surface area contributed by atoms with Crippen molar-refractivity contribution in [3.63, 3.8) is 0 Å².